The third-order valence-electron chi connectivity index (χ3n) is 2.84. The maximum absolute atomic E-state index is 4.43. The van der Waals surface area contributed by atoms with Crippen LogP contribution in [-0.4, -0.2) is 16.5 Å². The molecule has 15 heavy (non-hydrogen) atoms. The van der Waals surface area contributed by atoms with E-state index in [1.54, 1.807) is 6.33 Å². The molecule has 3 nitrogen and oxygen atoms in total. The van der Waals surface area contributed by atoms with Crippen molar-refractivity contribution in [2.75, 3.05) is 11.9 Å². The van der Waals surface area contributed by atoms with Crippen molar-refractivity contribution in [1.82, 2.24) is 9.97 Å². The molecule has 1 N–H and O–H groups in total. The molecule has 1 aliphatic carbocycles. The highest BCUT2D eigenvalue weighted by Gasteiger charge is 2.28. The molecule has 1 aliphatic rings. The Balaban J connectivity index is 2.23. The highest BCUT2D eigenvalue weighted by atomic mass is 15.0. The van der Waals surface area contributed by atoms with Crippen molar-refractivity contribution < 1.29 is 0 Å². The zero-order valence-electron chi connectivity index (χ0n) is 9.58. The molecule has 0 unspecified atom stereocenters. The van der Waals surface area contributed by atoms with Crippen LogP contribution in [0.25, 0.3) is 0 Å². The van der Waals surface area contributed by atoms with Gasteiger partial charge in [0.1, 0.15) is 12.1 Å². The molecule has 1 aromatic rings. The van der Waals surface area contributed by atoms with Crippen molar-refractivity contribution in [2.24, 2.45) is 0 Å². The molecule has 0 aromatic carbocycles. The first-order valence-corrected chi connectivity index (χ1v) is 5.94. The van der Waals surface area contributed by atoms with Crippen molar-refractivity contribution in [2.45, 2.75) is 45.4 Å². The van der Waals surface area contributed by atoms with Gasteiger partial charge in [0.15, 0.2) is 0 Å². The molecule has 1 heterocycles. The molecule has 2 rings (SSSR count). The lowest BCUT2D eigenvalue weighted by Gasteiger charge is -2.12. The van der Waals surface area contributed by atoms with Crippen LogP contribution in [0.15, 0.2) is 6.33 Å². The SMILES string of the molecule is CCCNc1ncnc(C2CC2)c1CC. The minimum absolute atomic E-state index is 0.713. The lowest BCUT2D eigenvalue weighted by atomic mass is 10.1. The molecule has 1 saturated carbocycles. The first kappa shape index (κ1) is 10.4. The van der Waals surface area contributed by atoms with Crippen LogP contribution in [0.3, 0.4) is 0 Å². The molecule has 1 aromatic heterocycles. The second kappa shape index (κ2) is 4.60. The van der Waals surface area contributed by atoms with E-state index in [4.69, 9.17) is 0 Å². The van der Waals surface area contributed by atoms with Crippen LogP contribution in [-0.2, 0) is 6.42 Å². The summed E-state index contributed by atoms with van der Waals surface area (Å²) in [6, 6.07) is 0. The van der Waals surface area contributed by atoms with Crippen LogP contribution in [0.1, 0.15) is 50.3 Å². The molecule has 0 bridgehead atoms. The predicted octanol–water partition coefficient (Wildman–Crippen LogP) is 2.74. The van der Waals surface area contributed by atoms with Gasteiger partial charge < -0.3 is 5.32 Å². The van der Waals surface area contributed by atoms with Crippen LogP contribution in [0.4, 0.5) is 5.82 Å². The maximum atomic E-state index is 4.43. The fourth-order valence-corrected chi connectivity index (χ4v) is 1.88. The first-order valence-electron chi connectivity index (χ1n) is 5.94. The van der Waals surface area contributed by atoms with Crippen LogP contribution in [0.2, 0.25) is 0 Å². The summed E-state index contributed by atoms with van der Waals surface area (Å²) in [5, 5.41) is 3.39. The van der Waals surface area contributed by atoms with E-state index in [-0.39, 0.29) is 0 Å². The van der Waals surface area contributed by atoms with E-state index < -0.39 is 0 Å². The second-order valence-corrected chi connectivity index (χ2v) is 4.14. The highest BCUT2D eigenvalue weighted by Crippen LogP contribution is 2.41. The summed E-state index contributed by atoms with van der Waals surface area (Å²) in [5.41, 5.74) is 2.61. The van der Waals surface area contributed by atoms with Crippen molar-refractivity contribution >= 4 is 5.82 Å². The minimum atomic E-state index is 0.713. The Morgan fingerprint density at radius 1 is 1.33 bits per heavy atom. The van der Waals surface area contributed by atoms with Crippen LogP contribution in [0.5, 0.6) is 0 Å². The number of rotatable bonds is 5. The maximum Gasteiger partial charge on any atom is 0.132 e. The highest BCUT2D eigenvalue weighted by molar-refractivity contribution is 5.47. The van der Waals surface area contributed by atoms with Gasteiger partial charge in [0.25, 0.3) is 0 Å². The number of nitrogens with zero attached hydrogens (tertiary/aromatic N) is 2. The fourth-order valence-electron chi connectivity index (χ4n) is 1.88. The Kier molecular flexibility index (Phi) is 3.19. The lowest BCUT2D eigenvalue weighted by molar-refractivity contribution is 0.901. The van der Waals surface area contributed by atoms with E-state index >= 15 is 0 Å². The van der Waals surface area contributed by atoms with Crippen LogP contribution < -0.4 is 5.32 Å². The third-order valence-corrected chi connectivity index (χ3v) is 2.84. The largest absolute Gasteiger partial charge is 0.370 e. The topological polar surface area (TPSA) is 37.8 Å². The minimum Gasteiger partial charge on any atom is -0.370 e. The molecule has 0 atom stereocenters. The van der Waals surface area contributed by atoms with Gasteiger partial charge in [0.2, 0.25) is 0 Å². The van der Waals surface area contributed by atoms with Gasteiger partial charge >= 0.3 is 0 Å². The van der Waals surface area contributed by atoms with Crippen LogP contribution >= 0.6 is 0 Å². The Bertz CT molecular complexity index is 332. The van der Waals surface area contributed by atoms with Crippen molar-refractivity contribution in [3.05, 3.63) is 17.6 Å². The van der Waals surface area contributed by atoms with Gasteiger partial charge in [0.05, 0.1) is 5.69 Å². The quantitative estimate of drug-likeness (QED) is 0.803. The van der Waals surface area contributed by atoms with Gasteiger partial charge in [-0.3, -0.25) is 0 Å². The van der Waals surface area contributed by atoms with Gasteiger partial charge in [-0.1, -0.05) is 13.8 Å². The summed E-state index contributed by atoms with van der Waals surface area (Å²) in [6.45, 7) is 5.34. The number of anilines is 1. The number of aromatic nitrogens is 2. The molecule has 0 radical (unpaired) electrons. The second-order valence-electron chi connectivity index (χ2n) is 4.14. The lowest BCUT2D eigenvalue weighted by Crippen LogP contribution is -2.08. The molecule has 0 amide bonds. The normalized spacial score (nSPS) is 15.3. The summed E-state index contributed by atoms with van der Waals surface area (Å²) in [4.78, 5) is 8.76. The zero-order valence-corrected chi connectivity index (χ0v) is 9.58. The Morgan fingerprint density at radius 3 is 2.73 bits per heavy atom. The molecular weight excluding hydrogens is 186 g/mol. The molecule has 0 aliphatic heterocycles. The summed E-state index contributed by atoms with van der Waals surface area (Å²) in [6.07, 6.45) is 6.46. The average Bonchev–Trinajstić information content (AvgIpc) is 3.09. The van der Waals surface area contributed by atoms with E-state index in [9.17, 15) is 0 Å². The van der Waals surface area contributed by atoms with Crippen molar-refractivity contribution in [3.8, 4) is 0 Å². The summed E-state index contributed by atoms with van der Waals surface area (Å²) in [5.74, 6) is 1.77. The molecule has 3 heteroatoms. The molecule has 82 valence electrons. The van der Waals surface area contributed by atoms with E-state index in [0.717, 1.165) is 25.2 Å². The Morgan fingerprint density at radius 2 is 2.13 bits per heavy atom. The fraction of sp³-hybridized carbons (Fsp3) is 0.667. The molecule has 1 fully saturated rings. The van der Waals surface area contributed by atoms with Gasteiger partial charge in [-0.25, -0.2) is 9.97 Å². The Hall–Kier alpha value is -1.12. The Labute approximate surface area is 91.3 Å². The molecule has 0 saturated heterocycles. The summed E-state index contributed by atoms with van der Waals surface area (Å²) in [7, 11) is 0. The molecular formula is C12H19N3. The zero-order chi connectivity index (χ0) is 10.7. The summed E-state index contributed by atoms with van der Waals surface area (Å²) < 4.78 is 0. The number of hydrogen-bond donors (Lipinski definition) is 1. The van der Waals surface area contributed by atoms with E-state index in [1.807, 2.05) is 0 Å². The third kappa shape index (κ3) is 2.28. The van der Waals surface area contributed by atoms with Crippen LogP contribution in [0, 0.1) is 0 Å². The smallest absolute Gasteiger partial charge is 0.132 e. The van der Waals surface area contributed by atoms with Crippen molar-refractivity contribution in [3.63, 3.8) is 0 Å². The predicted molar refractivity (Wildman–Crippen MR) is 62.2 cm³/mol. The molecule has 0 spiro atoms. The monoisotopic (exact) mass is 205 g/mol. The van der Waals surface area contributed by atoms with Gasteiger partial charge in [-0.2, -0.15) is 0 Å². The number of nitrogens with one attached hydrogen (secondary N) is 1. The van der Waals surface area contributed by atoms with E-state index in [2.05, 4.69) is 29.1 Å². The first-order chi connectivity index (χ1) is 7.36. The standard InChI is InChI=1S/C12H19N3/c1-3-7-13-12-10(4-2)11(9-5-6-9)14-8-15-12/h8-9H,3-7H2,1-2H3,(H,13,14,15). The van der Waals surface area contributed by atoms with Gasteiger partial charge in [-0.15, -0.1) is 0 Å². The van der Waals surface area contributed by atoms with Gasteiger partial charge in [0, 0.05) is 18.0 Å². The summed E-state index contributed by atoms with van der Waals surface area (Å²) >= 11 is 0. The van der Waals surface area contributed by atoms with E-state index in [1.165, 1.54) is 24.1 Å². The van der Waals surface area contributed by atoms with E-state index in [0.29, 0.717) is 5.92 Å². The van der Waals surface area contributed by atoms with Crippen molar-refractivity contribution in [1.29, 1.82) is 0 Å². The average molecular weight is 205 g/mol. The van der Waals surface area contributed by atoms with Gasteiger partial charge in [-0.05, 0) is 25.7 Å². The number of hydrogen-bond acceptors (Lipinski definition) is 3.